The Morgan fingerprint density at radius 2 is 2.19 bits per heavy atom. The zero-order valence-electron chi connectivity index (χ0n) is 11.0. The van der Waals surface area contributed by atoms with Crippen molar-refractivity contribution in [3.8, 4) is 0 Å². The average molecular weight is 372 g/mol. The predicted octanol–water partition coefficient (Wildman–Crippen LogP) is 1.93. The monoisotopic (exact) mass is 371 g/mol. The second kappa shape index (κ2) is 7.43. The Labute approximate surface area is 126 Å². The summed E-state index contributed by atoms with van der Waals surface area (Å²) < 4.78 is 41.6. The maximum Gasteiger partial charge on any atom is 0.408 e. The molecule has 0 aliphatic rings. The summed E-state index contributed by atoms with van der Waals surface area (Å²) in [6.45, 7) is 0.638. The van der Waals surface area contributed by atoms with E-state index in [2.05, 4.69) is 26.3 Å². The van der Waals surface area contributed by atoms with Gasteiger partial charge in [0.05, 0.1) is 24.9 Å². The standard InChI is InChI=1S/C11H13BrF3N3O3/c1-2-21-8(19)3-4-16-7-5-17-18(6-11(13,14)15)10(20)9(7)12/h5,16H,2-4,6H2,1H3. The molecule has 0 aromatic carbocycles. The van der Waals surface area contributed by atoms with E-state index in [1.54, 1.807) is 6.92 Å². The highest BCUT2D eigenvalue weighted by Crippen LogP contribution is 2.19. The quantitative estimate of drug-likeness (QED) is 0.773. The number of aromatic nitrogens is 2. The Morgan fingerprint density at radius 1 is 1.52 bits per heavy atom. The molecule has 1 N–H and O–H groups in total. The lowest BCUT2D eigenvalue weighted by Gasteiger charge is -2.11. The maximum atomic E-state index is 12.2. The molecule has 0 atom stereocenters. The Hall–Kier alpha value is -1.58. The van der Waals surface area contributed by atoms with Gasteiger partial charge in [0.15, 0.2) is 0 Å². The van der Waals surface area contributed by atoms with Crippen molar-refractivity contribution in [2.75, 3.05) is 18.5 Å². The third-order valence-electron chi connectivity index (χ3n) is 2.26. The molecule has 21 heavy (non-hydrogen) atoms. The highest BCUT2D eigenvalue weighted by molar-refractivity contribution is 9.10. The van der Waals surface area contributed by atoms with Crippen LogP contribution in [0.15, 0.2) is 15.5 Å². The number of hydrogen-bond donors (Lipinski definition) is 1. The molecule has 6 nitrogen and oxygen atoms in total. The molecule has 0 saturated carbocycles. The third kappa shape index (κ3) is 5.74. The number of carbonyl (C=O) groups excluding carboxylic acids is 1. The van der Waals surface area contributed by atoms with Gasteiger partial charge < -0.3 is 10.1 Å². The van der Waals surface area contributed by atoms with Crippen LogP contribution in [0.4, 0.5) is 18.9 Å². The molecular formula is C11H13BrF3N3O3. The SMILES string of the molecule is CCOC(=O)CCNc1cnn(CC(F)(F)F)c(=O)c1Br. The molecule has 118 valence electrons. The van der Waals surface area contributed by atoms with Crippen molar-refractivity contribution in [2.45, 2.75) is 26.1 Å². The average Bonchev–Trinajstić information content (AvgIpc) is 2.37. The Morgan fingerprint density at radius 3 is 2.76 bits per heavy atom. The third-order valence-corrected chi connectivity index (χ3v) is 3.03. The molecule has 0 aliphatic heterocycles. The Kier molecular flexibility index (Phi) is 6.19. The minimum Gasteiger partial charge on any atom is -0.466 e. The molecule has 1 aromatic rings. The fraction of sp³-hybridized carbons (Fsp3) is 0.545. The van der Waals surface area contributed by atoms with Gasteiger partial charge >= 0.3 is 12.1 Å². The molecule has 0 radical (unpaired) electrons. The number of rotatable bonds is 6. The van der Waals surface area contributed by atoms with E-state index in [4.69, 9.17) is 4.74 Å². The van der Waals surface area contributed by atoms with Crippen LogP contribution >= 0.6 is 15.9 Å². The number of esters is 1. The van der Waals surface area contributed by atoms with Crippen LogP contribution in [0.3, 0.4) is 0 Å². The molecule has 0 amide bonds. The van der Waals surface area contributed by atoms with E-state index >= 15 is 0 Å². The lowest BCUT2D eigenvalue weighted by Crippen LogP contribution is -2.31. The van der Waals surface area contributed by atoms with Gasteiger partial charge in [-0.15, -0.1) is 0 Å². The number of nitrogens with one attached hydrogen (secondary N) is 1. The lowest BCUT2D eigenvalue weighted by molar-refractivity contribution is -0.144. The molecule has 1 rings (SSSR count). The van der Waals surface area contributed by atoms with Crippen LogP contribution < -0.4 is 10.9 Å². The van der Waals surface area contributed by atoms with Crippen LogP contribution in [0, 0.1) is 0 Å². The Bertz CT molecular complexity index is 560. The molecular weight excluding hydrogens is 359 g/mol. The first kappa shape index (κ1) is 17.5. The summed E-state index contributed by atoms with van der Waals surface area (Å²) >= 11 is 2.92. The van der Waals surface area contributed by atoms with Crippen molar-refractivity contribution in [2.24, 2.45) is 0 Å². The van der Waals surface area contributed by atoms with Crippen LogP contribution in [-0.2, 0) is 16.1 Å². The van der Waals surface area contributed by atoms with Crippen LogP contribution in [-0.4, -0.2) is 35.1 Å². The minimum absolute atomic E-state index is 0.0614. The van der Waals surface area contributed by atoms with Crippen molar-refractivity contribution in [3.63, 3.8) is 0 Å². The van der Waals surface area contributed by atoms with Crippen molar-refractivity contribution < 1.29 is 22.7 Å². The van der Waals surface area contributed by atoms with Crippen LogP contribution in [0.5, 0.6) is 0 Å². The van der Waals surface area contributed by atoms with Gasteiger partial charge in [-0.1, -0.05) is 0 Å². The fourth-order valence-corrected chi connectivity index (χ4v) is 1.85. The number of carbonyl (C=O) groups is 1. The van der Waals surface area contributed by atoms with E-state index < -0.39 is 24.2 Å². The van der Waals surface area contributed by atoms with E-state index in [1.807, 2.05) is 0 Å². The molecule has 0 aliphatic carbocycles. The highest BCUT2D eigenvalue weighted by atomic mass is 79.9. The summed E-state index contributed by atoms with van der Waals surface area (Å²) in [6.07, 6.45) is -3.39. The van der Waals surface area contributed by atoms with Crippen molar-refractivity contribution in [1.29, 1.82) is 0 Å². The molecule has 1 heterocycles. The van der Waals surface area contributed by atoms with Gasteiger partial charge in [0.2, 0.25) is 0 Å². The first-order valence-electron chi connectivity index (χ1n) is 5.96. The normalized spacial score (nSPS) is 11.3. The van der Waals surface area contributed by atoms with Gasteiger partial charge in [0, 0.05) is 6.54 Å². The largest absolute Gasteiger partial charge is 0.466 e. The van der Waals surface area contributed by atoms with E-state index in [-0.39, 0.29) is 29.7 Å². The molecule has 0 bridgehead atoms. The van der Waals surface area contributed by atoms with Crippen molar-refractivity contribution in [1.82, 2.24) is 9.78 Å². The summed E-state index contributed by atoms with van der Waals surface area (Å²) in [7, 11) is 0. The fourth-order valence-electron chi connectivity index (χ4n) is 1.40. The second-order valence-electron chi connectivity index (χ2n) is 3.93. The predicted molar refractivity (Wildman–Crippen MR) is 72.0 cm³/mol. The number of anilines is 1. The van der Waals surface area contributed by atoms with Gasteiger partial charge in [-0.25, -0.2) is 4.68 Å². The Balaban J connectivity index is 2.72. The number of halogens is 4. The molecule has 1 aromatic heterocycles. The first-order chi connectivity index (χ1) is 9.74. The van der Waals surface area contributed by atoms with Crippen molar-refractivity contribution in [3.05, 3.63) is 21.0 Å². The van der Waals surface area contributed by atoms with Crippen LogP contribution in [0.25, 0.3) is 0 Å². The highest BCUT2D eigenvalue weighted by Gasteiger charge is 2.29. The van der Waals surface area contributed by atoms with Gasteiger partial charge in [0.25, 0.3) is 5.56 Å². The molecule has 0 fully saturated rings. The number of alkyl halides is 3. The smallest absolute Gasteiger partial charge is 0.408 e. The molecule has 10 heteroatoms. The summed E-state index contributed by atoms with van der Waals surface area (Å²) in [5.74, 6) is -0.417. The van der Waals surface area contributed by atoms with E-state index in [9.17, 15) is 22.8 Å². The molecule has 0 spiro atoms. The van der Waals surface area contributed by atoms with Gasteiger partial charge in [-0.3, -0.25) is 9.59 Å². The summed E-state index contributed by atoms with van der Waals surface area (Å²) in [5.41, 5.74) is -0.698. The zero-order chi connectivity index (χ0) is 16.0. The summed E-state index contributed by atoms with van der Waals surface area (Å²) in [4.78, 5) is 22.8. The molecule has 0 saturated heterocycles. The van der Waals surface area contributed by atoms with Gasteiger partial charge in [-0.2, -0.15) is 18.3 Å². The van der Waals surface area contributed by atoms with E-state index in [0.717, 1.165) is 6.20 Å². The number of nitrogens with zero attached hydrogens (tertiary/aromatic N) is 2. The number of hydrogen-bond acceptors (Lipinski definition) is 5. The van der Waals surface area contributed by atoms with Gasteiger partial charge in [-0.05, 0) is 22.9 Å². The number of ether oxygens (including phenoxy) is 1. The van der Waals surface area contributed by atoms with Crippen molar-refractivity contribution >= 4 is 27.6 Å². The first-order valence-corrected chi connectivity index (χ1v) is 6.75. The lowest BCUT2D eigenvalue weighted by atomic mass is 10.4. The van der Waals surface area contributed by atoms with E-state index in [1.165, 1.54) is 0 Å². The van der Waals surface area contributed by atoms with Crippen LogP contribution in [0.1, 0.15) is 13.3 Å². The maximum absolute atomic E-state index is 12.2. The zero-order valence-corrected chi connectivity index (χ0v) is 12.6. The van der Waals surface area contributed by atoms with Gasteiger partial charge in [0.1, 0.15) is 11.0 Å². The van der Waals surface area contributed by atoms with E-state index in [0.29, 0.717) is 4.68 Å². The minimum atomic E-state index is -4.53. The summed E-state index contributed by atoms with van der Waals surface area (Å²) in [6, 6.07) is 0. The summed E-state index contributed by atoms with van der Waals surface area (Å²) in [5, 5.41) is 6.16. The molecule has 0 unspecified atom stereocenters. The van der Waals surface area contributed by atoms with Crippen LogP contribution in [0.2, 0.25) is 0 Å². The topological polar surface area (TPSA) is 73.2 Å². The second-order valence-corrected chi connectivity index (χ2v) is 4.73.